The second-order valence-corrected chi connectivity index (χ2v) is 11.5. The molecule has 0 spiro atoms. The number of carbonyl (C=O) groups is 1. The van der Waals surface area contributed by atoms with Gasteiger partial charge in [0.05, 0.1) is 30.1 Å². The molecular formula is C21H27N3O6S2. The van der Waals surface area contributed by atoms with Crippen LogP contribution in [0.3, 0.4) is 0 Å². The molecule has 9 nitrogen and oxygen atoms in total. The Balaban J connectivity index is 1.78. The van der Waals surface area contributed by atoms with Gasteiger partial charge in [-0.15, -0.1) is 0 Å². The summed E-state index contributed by atoms with van der Waals surface area (Å²) in [5, 5.41) is 2.70. The standard InChI is InChI=1S/C21H27N3O6S2/c1-16-4-5-18(14-17(16)2)22-21(25)15-24(31(3,26)27)19-6-8-20(9-7-19)32(28,29)23-10-12-30-13-11-23/h4-9,14H,10-13,15H2,1-3H3,(H,22,25). The number of nitrogens with one attached hydrogen (secondary N) is 1. The minimum Gasteiger partial charge on any atom is -0.379 e. The Morgan fingerprint density at radius 3 is 2.19 bits per heavy atom. The molecule has 1 aliphatic rings. The molecular weight excluding hydrogens is 454 g/mol. The highest BCUT2D eigenvalue weighted by atomic mass is 32.2. The van der Waals surface area contributed by atoms with Crippen LogP contribution >= 0.6 is 0 Å². The van der Waals surface area contributed by atoms with Crippen molar-refractivity contribution in [1.29, 1.82) is 0 Å². The lowest BCUT2D eigenvalue weighted by Gasteiger charge is -2.26. The first-order chi connectivity index (χ1) is 15.0. The van der Waals surface area contributed by atoms with Gasteiger partial charge in [-0.25, -0.2) is 16.8 Å². The SMILES string of the molecule is Cc1ccc(NC(=O)CN(c2ccc(S(=O)(=O)N3CCOCC3)cc2)S(C)(=O)=O)cc1C. The van der Waals surface area contributed by atoms with Crippen molar-refractivity contribution in [3.8, 4) is 0 Å². The number of hydrogen-bond acceptors (Lipinski definition) is 6. The van der Waals surface area contributed by atoms with Crippen molar-refractivity contribution in [2.24, 2.45) is 0 Å². The topological polar surface area (TPSA) is 113 Å². The first-order valence-electron chi connectivity index (χ1n) is 10.0. The number of rotatable bonds is 7. The van der Waals surface area contributed by atoms with E-state index in [0.717, 1.165) is 21.7 Å². The zero-order valence-corrected chi connectivity index (χ0v) is 19.9. The van der Waals surface area contributed by atoms with E-state index in [1.54, 1.807) is 6.07 Å². The summed E-state index contributed by atoms with van der Waals surface area (Å²) in [5.74, 6) is -0.510. The van der Waals surface area contributed by atoms with Crippen LogP contribution in [0.2, 0.25) is 0 Å². The molecule has 1 amide bonds. The lowest BCUT2D eigenvalue weighted by atomic mass is 10.1. The van der Waals surface area contributed by atoms with Gasteiger partial charge in [0.15, 0.2) is 0 Å². The molecule has 174 valence electrons. The van der Waals surface area contributed by atoms with E-state index in [-0.39, 0.29) is 23.7 Å². The maximum Gasteiger partial charge on any atom is 0.245 e. The number of hydrogen-bond donors (Lipinski definition) is 1. The summed E-state index contributed by atoms with van der Waals surface area (Å²) in [5.41, 5.74) is 2.84. The molecule has 32 heavy (non-hydrogen) atoms. The molecule has 0 radical (unpaired) electrons. The fraction of sp³-hybridized carbons (Fsp3) is 0.381. The molecule has 2 aromatic rings. The van der Waals surface area contributed by atoms with Crippen molar-refractivity contribution in [2.45, 2.75) is 18.7 Å². The molecule has 0 unspecified atom stereocenters. The monoisotopic (exact) mass is 481 g/mol. The minimum atomic E-state index is -3.79. The Kier molecular flexibility index (Phi) is 7.23. The van der Waals surface area contributed by atoms with Crippen LogP contribution < -0.4 is 9.62 Å². The fourth-order valence-corrected chi connectivity index (χ4v) is 5.53. The molecule has 1 fully saturated rings. The molecule has 0 aromatic heterocycles. The van der Waals surface area contributed by atoms with Gasteiger partial charge in [0.2, 0.25) is 26.0 Å². The number of aryl methyl sites for hydroxylation is 2. The summed E-state index contributed by atoms with van der Waals surface area (Å²) < 4.78 is 57.7. The van der Waals surface area contributed by atoms with Gasteiger partial charge in [0.25, 0.3) is 0 Å². The Morgan fingerprint density at radius 1 is 1.00 bits per heavy atom. The Hall–Kier alpha value is -2.47. The fourth-order valence-electron chi connectivity index (χ4n) is 3.27. The molecule has 0 bridgehead atoms. The highest BCUT2D eigenvalue weighted by Crippen LogP contribution is 2.23. The Morgan fingerprint density at radius 2 is 1.62 bits per heavy atom. The molecule has 1 aliphatic heterocycles. The third-order valence-corrected chi connectivity index (χ3v) is 8.26. The van der Waals surface area contributed by atoms with E-state index in [1.165, 1.54) is 28.6 Å². The molecule has 3 rings (SSSR count). The maximum absolute atomic E-state index is 12.8. The highest BCUT2D eigenvalue weighted by molar-refractivity contribution is 7.92. The number of nitrogens with zero attached hydrogens (tertiary/aromatic N) is 2. The summed E-state index contributed by atoms with van der Waals surface area (Å²) in [6.45, 7) is 4.61. The van der Waals surface area contributed by atoms with Crippen molar-refractivity contribution in [2.75, 3.05) is 48.7 Å². The normalized spacial score (nSPS) is 15.3. The predicted molar refractivity (Wildman–Crippen MR) is 123 cm³/mol. The van der Waals surface area contributed by atoms with E-state index in [0.29, 0.717) is 18.9 Å². The van der Waals surface area contributed by atoms with Crippen LogP contribution in [0.15, 0.2) is 47.4 Å². The summed E-state index contributed by atoms with van der Waals surface area (Å²) in [6, 6.07) is 10.9. The second kappa shape index (κ2) is 9.57. The molecule has 2 aromatic carbocycles. The number of amides is 1. The summed E-state index contributed by atoms with van der Waals surface area (Å²) in [7, 11) is -7.50. The predicted octanol–water partition coefficient (Wildman–Crippen LogP) is 1.73. The maximum atomic E-state index is 12.8. The number of sulfonamides is 2. The lowest BCUT2D eigenvalue weighted by Crippen LogP contribution is -2.40. The molecule has 1 saturated heterocycles. The van der Waals surface area contributed by atoms with E-state index >= 15 is 0 Å². The zero-order valence-electron chi connectivity index (χ0n) is 18.2. The molecule has 11 heteroatoms. The third kappa shape index (κ3) is 5.66. The van der Waals surface area contributed by atoms with Gasteiger partial charge in [-0.3, -0.25) is 9.10 Å². The second-order valence-electron chi connectivity index (χ2n) is 7.63. The summed E-state index contributed by atoms with van der Waals surface area (Å²) >= 11 is 0. The van der Waals surface area contributed by atoms with Crippen LogP contribution in [-0.2, 0) is 29.6 Å². The van der Waals surface area contributed by atoms with Gasteiger partial charge in [-0.1, -0.05) is 6.07 Å². The average molecular weight is 482 g/mol. The smallest absolute Gasteiger partial charge is 0.245 e. The van der Waals surface area contributed by atoms with Gasteiger partial charge in [-0.2, -0.15) is 4.31 Å². The quantitative estimate of drug-likeness (QED) is 0.644. The lowest BCUT2D eigenvalue weighted by molar-refractivity contribution is -0.114. The summed E-state index contributed by atoms with van der Waals surface area (Å²) in [6.07, 6.45) is 0.995. The Bertz CT molecular complexity index is 1190. The first-order valence-corrected chi connectivity index (χ1v) is 13.3. The van der Waals surface area contributed by atoms with E-state index < -0.39 is 32.5 Å². The van der Waals surface area contributed by atoms with E-state index in [4.69, 9.17) is 4.74 Å². The average Bonchev–Trinajstić information content (AvgIpc) is 2.74. The van der Waals surface area contributed by atoms with Crippen LogP contribution in [0, 0.1) is 13.8 Å². The van der Waals surface area contributed by atoms with E-state index in [1.807, 2.05) is 26.0 Å². The van der Waals surface area contributed by atoms with Gasteiger partial charge in [0, 0.05) is 18.8 Å². The molecule has 1 N–H and O–H groups in total. The number of morpholine rings is 1. The van der Waals surface area contributed by atoms with Crippen molar-refractivity contribution < 1.29 is 26.4 Å². The zero-order chi connectivity index (χ0) is 23.5. The first kappa shape index (κ1) is 24.2. The third-order valence-electron chi connectivity index (χ3n) is 5.21. The Labute approximate surface area is 189 Å². The van der Waals surface area contributed by atoms with E-state index in [2.05, 4.69) is 5.32 Å². The highest BCUT2D eigenvalue weighted by Gasteiger charge is 2.27. The van der Waals surface area contributed by atoms with Crippen LogP contribution in [0.4, 0.5) is 11.4 Å². The van der Waals surface area contributed by atoms with Crippen LogP contribution in [0.25, 0.3) is 0 Å². The largest absolute Gasteiger partial charge is 0.379 e. The van der Waals surface area contributed by atoms with Crippen LogP contribution in [0.5, 0.6) is 0 Å². The molecule has 0 atom stereocenters. The van der Waals surface area contributed by atoms with Gasteiger partial charge >= 0.3 is 0 Å². The van der Waals surface area contributed by atoms with Crippen LogP contribution in [-0.4, -0.2) is 66.2 Å². The van der Waals surface area contributed by atoms with Gasteiger partial charge < -0.3 is 10.1 Å². The number of carbonyl (C=O) groups excluding carboxylic acids is 1. The number of benzene rings is 2. The summed E-state index contributed by atoms with van der Waals surface area (Å²) in [4.78, 5) is 12.6. The van der Waals surface area contributed by atoms with Crippen molar-refractivity contribution in [1.82, 2.24) is 4.31 Å². The van der Waals surface area contributed by atoms with Crippen molar-refractivity contribution in [3.63, 3.8) is 0 Å². The van der Waals surface area contributed by atoms with E-state index in [9.17, 15) is 21.6 Å². The molecule has 0 aliphatic carbocycles. The number of ether oxygens (including phenoxy) is 1. The van der Waals surface area contributed by atoms with Crippen molar-refractivity contribution in [3.05, 3.63) is 53.6 Å². The molecule has 1 heterocycles. The van der Waals surface area contributed by atoms with Gasteiger partial charge in [-0.05, 0) is 61.4 Å². The van der Waals surface area contributed by atoms with Crippen molar-refractivity contribution >= 4 is 37.3 Å². The number of anilines is 2. The molecule has 0 saturated carbocycles. The minimum absolute atomic E-state index is 0.0520. The van der Waals surface area contributed by atoms with Gasteiger partial charge in [0.1, 0.15) is 6.54 Å². The van der Waals surface area contributed by atoms with Crippen LogP contribution in [0.1, 0.15) is 11.1 Å².